The molecule has 0 unspecified atom stereocenters. The molecule has 4 rings (SSSR count). The molecular weight excluding hydrogens is 441 g/mol. The predicted octanol–water partition coefficient (Wildman–Crippen LogP) is 5.32. The van der Waals surface area contributed by atoms with Crippen molar-refractivity contribution in [3.8, 4) is 16.3 Å². The molecule has 1 amide bonds. The highest BCUT2D eigenvalue weighted by Crippen LogP contribution is 2.35. The maximum absolute atomic E-state index is 13.2. The number of aromatic nitrogens is 1. The lowest BCUT2D eigenvalue weighted by molar-refractivity contribution is -0.138. The largest absolute Gasteiger partial charge is 0.488 e. The van der Waals surface area contributed by atoms with Gasteiger partial charge in [-0.25, -0.2) is 4.98 Å². The Balaban J connectivity index is 1.47. The van der Waals surface area contributed by atoms with Gasteiger partial charge in [-0.15, -0.1) is 11.3 Å². The van der Waals surface area contributed by atoms with E-state index in [1.807, 2.05) is 0 Å². The Bertz CT molecular complexity index is 1080. The molecule has 1 aromatic heterocycles. The summed E-state index contributed by atoms with van der Waals surface area (Å²) < 4.78 is 51.0. The summed E-state index contributed by atoms with van der Waals surface area (Å²) in [5.74, 6) is 0.102. The van der Waals surface area contributed by atoms with Crippen LogP contribution in [0.15, 0.2) is 53.9 Å². The smallest absolute Gasteiger partial charge is 0.416 e. The Labute approximate surface area is 187 Å². The molecule has 0 bridgehead atoms. The highest BCUT2D eigenvalue weighted by Gasteiger charge is 2.33. The maximum atomic E-state index is 13.2. The molecule has 1 aliphatic rings. The molecule has 3 aromatic rings. The van der Waals surface area contributed by atoms with E-state index in [2.05, 4.69) is 10.3 Å². The van der Waals surface area contributed by atoms with E-state index in [9.17, 15) is 18.0 Å². The Hall–Kier alpha value is -2.91. The molecule has 0 spiro atoms. The molecule has 1 N–H and O–H groups in total. The summed E-state index contributed by atoms with van der Waals surface area (Å²) in [5, 5.41) is 5.03. The van der Waals surface area contributed by atoms with Crippen LogP contribution in [0, 0.1) is 0 Å². The molecule has 9 heteroatoms. The second-order valence-corrected chi connectivity index (χ2v) is 8.18. The lowest BCUT2D eigenvalue weighted by atomic mass is 10.1. The van der Waals surface area contributed by atoms with Crippen molar-refractivity contribution < 1.29 is 27.4 Å². The Kier molecular flexibility index (Phi) is 6.76. The molecule has 0 saturated carbocycles. The molecule has 1 aliphatic heterocycles. The van der Waals surface area contributed by atoms with Gasteiger partial charge in [-0.3, -0.25) is 4.79 Å². The number of ether oxygens (including phenoxy) is 2. The minimum Gasteiger partial charge on any atom is -0.488 e. The molecule has 2 heterocycles. The van der Waals surface area contributed by atoms with E-state index in [1.165, 1.54) is 23.5 Å². The van der Waals surface area contributed by atoms with Crippen molar-refractivity contribution in [2.75, 3.05) is 13.2 Å². The number of carbonyl (C=O) groups excluding carboxylic acids is 1. The number of thiazole rings is 1. The van der Waals surface area contributed by atoms with E-state index in [0.717, 1.165) is 18.9 Å². The molecule has 2 aromatic carbocycles. The van der Waals surface area contributed by atoms with E-state index >= 15 is 0 Å². The van der Waals surface area contributed by atoms with Crippen LogP contribution in [-0.2, 0) is 17.5 Å². The van der Waals surface area contributed by atoms with Gasteiger partial charge in [0.1, 0.15) is 23.1 Å². The minimum atomic E-state index is -4.46. The first-order valence-corrected chi connectivity index (χ1v) is 11.0. The quantitative estimate of drug-likeness (QED) is 0.517. The summed E-state index contributed by atoms with van der Waals surface area (Å²) in [6.45, 7) is 0.905. The van der Waals surface area contributed by atoms with Gasteiger partial charge in [-0.1, -0.05) is 30.3 Å². The third-order valence-electron chi connectivity index (χ3n) is 5.07. The van der Waals surface area contributed by atoms with Crippen LogP contribution in [0.25, 0.3) is 10.6 Å². The fourth-order valence-electron chi connectivity index (χ4n) is 3.45. The van der Waals surface area contributed by atoms with Gasteiger partial charge in [0.25, 0.3) is 5.91 Å². The fourth-order valence-corrected chi connectivity index (χ4v) is 4.28. The third kappa shape index (κ3) is 5.28. The molecule has 1 atom stereocenters. The van der Waals surface area contributed by atoms with E-state index in [4.69, 9.17) is 9.47 Å². The Morgan fingerprint density at radius 1 is 1.19 bits per heavy atom. The number of hydrogen-bond donors (Lipinski definition) is 1. The summed E-state index contributed by atoms with van der Waals surface area (Å²) in [5.41, 5.74) is 0.209. The molecule has 0 aliphatic carbocycles. The van der Waals surface area contributed by atoms with Gasteiger partial charge >= 0.3 is 6.18 Å². The van der Waals surface area contributed by atoms with Crippen molar-refractivity contribution >= 4 is 17.2 Å². The zero-order valence-corrected chi connectivity index (χ0v) is 17.8. The van der Waals surface area contributed by atoms with Crippen LogP contribution >= 0.6 is 11.3 Å². The number of para-hydroxylation sites is 1. The third-order valence-corrected chi connectivity index (χ3v) is 5.95. The van der Waals surface area contributed by atoms with Crippen LogP contribution in [-0.4, -0.2) is 30.1 Å². The number of halogens is 3. The monoisotopic (exact) mass is 462 g/mol. The molecule has 5 nitrogen and oxygen atoms in total. The summed E-state index contributed by atoms with van der Waals surface area (Å²) in [4.78, 5) is 16.8. The van der Waals surface area contributed by atoms with Crippen molar-refractivity contribution in [3.63, 3.8) is 0 Å². The van der Waals surface area contributed by atoms with Gasteiger partial charge in [-0.2, -0.15) is 13.2 Å². The van der Waals surface area contributed by atoms with Crippen LogP contribution in [0.3, 0.4) is 0 Å². The van der Waals surface area contributed by atoms with Crippen molar-refractivity contribution in [2.24, 2.45) is 0 Å². The zero-order valence-electron chi connectivity index (χ0n) is 17.0. The maximum Gasteiger partial charge on any atom is 0.416 e. The molecular formula is C23H21F3N2O3S. The topological polar surface area (TPSA) is 60.5 Å². The lowest BCUT2D eigenvalue weighted by Crippen LogP contribution is -2.31. The van der Waals surface area contributed by atoms with Gasteiger partial charge in [0.15, 0.2) is 0 Å². The van der Waals surface area contributed by atoms with Crippen LogP contribution in [0.4, 0.5) is 13.2 Å². The number of rotatable bonds is 7. The van der Waals surface area contributed by atoms with E-state index in [-0.39, 0.29) is 29.9 Å². The van der Waals surface area contributed by atoms with Gasteiger partial charge in [0, 0.05) is 24.1 Å². The van der Waals surface area contributed by atoms with Crippen LogP contribution in [0.1, 0.15) is 34.5 Å². The number of hydrogen-bond acceptors (Lipinski definition) is 5. The second-order valence-electron chi connectivity index (χ2n) is 7.32. The lowest BCUT2D eigenvalue weighted by Gasteiger charge is -2.14. The number of nitrogens with zero attached hydrogens (tertiary/aromatic N) is 1. The number of amides is 1. The molecule has 1 saturated heterocycles. The van der Waals surface area contributed by atoms with Gasteiger partial charge in [-0.05, 0) is 31.0 Å². The highest BCUT2D eigenvalue weighted by atomic mass is 32.1. The van der Waals surface area contributed by atoms with Gasteiger partial charge in [0.2, 0.25) is 0 Å². The first-order valence-electron chi connectivity index (χ1n) is 10.1. The van der Waals surface area contributed by atoms with E-state index in [1.54, 1.807) is 35.7 Å². The van der Waals surface area contributed by atoms with Gasteiger partial charge in [0.05, 0.1) is 17.2 Å². The average Bonchev–Trinajstić information content (AvgIpc) is 3.48. The SMILES string of the molecule is O=C(NC[C@H]1CCCO1)c1csc(-c2ccccc2OCc2ccccc2C(F)(F)F)n1. The van der Waals surface area contributed by atoms with Crippen molar-refractivity contribution in [3.05, 3.63) is 70.7 Å². The summed E-state index contributed by atoms with van der Waals surface area (Å²) in [6, 6.07) is 12.3. The van der Waals surface area contributed by atoms with E-state index in [0.29, 0.717) is 29.5 Å². The van der Waals surface area contributed by atoms with Crippen LogP contribution in [0.2, 0.25) is 0 Å². The first kappa shape index (κ1) is 22.3. The van der Waals surface area contributed by atoms with E-state index < -0.39 is 11.7 Å². The molecule has 168 valence electrons. The first-order chi connectivity index (χ1) is 15.4. The second kappa shape index (κ2) is 9.70. The summed E-state index contributed by atoms with van der Waals surface area (Å²) in [7, 11) is 0. The normalized spacial score (nSPS) is 16.2. The fraction of sp³-hybridized carbons (Fsp3) is 0.304. The molecule has 0 radical (unpaired) electrons. The Morgan fingerprint density at radius 2 is 1.97 bits per heavy atom. The van der Waals surface area contributed by atoms with Crippen molar-refractivity contribution in [2.45, 2.75) is 31.7 Å². The van der Waals surface area contributed by atoms with Crippen LogP contribution in [0.5, 0.6) is 5.75 Å². The number of benzene rings is 2. The summed E-state index contributed by atoms with van der Waals surface area (Å²) >= 11 is 1.27. The van der Waals surface area contributed by atoms with Crippen LogP contribution < -0.4 is 10.1 Å². The summed E-state index contributed by atoms with van der Waals surface area (Å²) in [6.07, 6.45) is -2.51. The zero-order chi connectivity index (χ0) is 22.6. The number of nitrogens with one attached hydrogen (secondary N) is 1. The van der Waals surface area contributed by atoms with Crippen molar-refractivity contribution in [1.82, 2.24) is 10.3 Å². The standard InChI is InChI=1S/C23H21F3N2O3S/c24-23(25,26)18-9-3-1-6-15(18)13-31-20-10-4-2-8-17(20)22-28-19(14-32-22)21(29)27-12-16-7-5-11-30-16/h1-4,6,8-10,14,16H,5,7,11-13H2,(H,27,29)/t16-/m1/s1. The Morgan fingerprint density at radius 3 is 2.75 bits per heavy atom. The minimum absolute atomic E-state index is 0.0331. The van der Waals surface area contributed by atoms with Crippen molar-refractivity contribution in [1.29, 1.82) is 0 Å². The molecule has 1 fully saturated rings. The molecule has 32 heavy (non-hydrogen) atoms. The highest BCUT2D eigenvalue weighted by molar-refractivity contribution is 7.13. The predicted molar refractivity (Wildman–Crippen MR) is 115 cm³/mol. The average molecular weight is 462 g/mol. The number of alkyl halides is 3. The van der Waals surface area contributed by atoms with Gasteiger partial charge < -0.3 is 14.8 Å². The number of carbonyl (C=O) groups is 1.